The summed E-state index contributed by atoms with van der Waals surface area (Å²) in [6, 6.07) is 12.2. The van der Waals surface area contributed by atoms with Gasteiger partial charge in [-0.25, -0.2) is 4.79 Å². The quantitative estimate of drug-likeness (QED) is 0.418. The zero-order chi connectivity index (χ0) is 18.2. The number of carbonyl (C=O) groups excluding carboxylic acids is 2. The summed E-state index contributed by atoms with van der Waals surface area (Å²) in [6.07, 6.45) is -0.790. The van der Waals surface area contributed by atoms with Gasteiger partial charge in [0.1, 0.15) is 18.9 Å². The molecule has 0 fully saturated rings. The number of rotatable bonds is 6. The third kappa shape index (κ3) is 5.50. The molecule has 9 heteroatoms. The van der Waals surface area contributed by atoms with Gasteiger partial charge in [0.25, 0.3) is 5.69 Å². The summed E-state index contributed by atoms with van der Waals surface area (Å²) in [4.78, 5) is 33.3. The number of nitrogens with zero attached hydrogens (tertiary/aromatic N) is 1. The van der Waals surface area contributed by atoms with E-state index >= 15 is 0 Å². The van der Waals surface area contributed by atoms with Gasteiger partial charge in [0, 0.05) is 12.1 Å². The summed E-state index contributed by atoms with van der Waals surface area (Å²) >= 11 is 0. The van der Waals surface area contributed by atoms with Gasteiger partial charge in [0.2, 0.25) is 5.91 Å². The molecule has 0 radical (unpaired) electrons. The standard InChI is InChI=1S/C16H15N3O6/c20-14-7-6-12(19(23)24)8-13(14)18-15(21)9-17-16(22)25-10-11-4-2-1-3-5-11/h1-8,20H,9-10H2,(H,17,22)(H,18,21). The van der Waals surface area contributed by atoms with E-state index in [-0.39, 0.29) is 23.7 Å². The molecule has 0 saturated heterocycles. The summed E-state index contributed by atoms with van der Waals surface area (Å²) < 4.78 is 4.93. The maximum Gasteiger partial charge on any atom is 0.407 e. The average molecular weight is 345 g/mol. The van der Waals surface area contributed by atoms with Crippen molar-refractivity contribution in [2.75, 3.05) is 11.9 Å². The Kier molecular flexibility index (Phi) is 5.88. The molecule has 0 aliphatic carbocycles. The summed E-state index contributed by atoms with van der Waals surface area (Å²) in [5.74, 6) is -1.00. The number of nitrogens with one attached hydrogen (secondary N) is 2. The summed E-state index contributed by atoms with van der Waals surface area (Å²) in [5.41, 5.74) is 0.380. The molecule has 3 N–H and O–H groups in total. The summed E-state index contributed by atoms with van der Waals surface area (Å²) in [6.45, 7) is -0.365. The maximum absolute atomic E-state index is 11.8. The monoisotopic (exact) mass is 345 g/mol. The summed E-state index contributed by atoms with van der Waals surface area (Å²) in [7, 11) is 0. The lowest BCUT2D eigenvalue weighted by Crippen LogP contribution is -2.33. The number of phenols is 1. The molecule has 2 aromatic rings. The first kappa shape index (κ1) is 17.7. The SMILES string of the molecule is O=C(CNC(=O)OCc1ccccc1)Nc1cc([N+](=O)[O-])ccc1O. The number of hydrogen-bond acceptors (Lipinski definition) is 6. The number of carbonyl (C=O) groups is 2. The Bertz CT molecular complexity index is 779. The number of aromatic hydroxyl groups is 1. The van der Waals surface area contributed by atoms with Crippen LogP contribution >= 0.6 is 0 Å². The molecule has 0 aliphatic heterocycles. The van der Waals surface area contributed by atoms with Crippen LogP contribution in [-0.2, 0) is 16.1 Å². The Labute approximate surface area is 142 Å². The van der Waals surface area contributed by atoms with E-state index in [4.69, 9.17) is 4.74 Å². The molecule has 0 aliphatic rings. The first-order valence-corrected chi connectivity index (χ1v) is 7.17. The molecule has 0 atom stereocenters. The molecule has 2 amide bonds. The summed E-state index contributed by atoms with van der Waals surface area (Å²) in [5, 5.41) is 24.8. The lowest BCUT2D eigenvalue weighted by molar-refractivity contribution is -0.384. The molecule has 0 bridgehead atoms. The number of non-ortho nitro benzene ring substituents is 1. The van der Waals surface area contributed by atoms with E-state index < -0.39 is 23.5 Å². The lowest BCUT2D eigenvalue weighted by Gasteiger charge is -2.09. The Morgan fingerprint density at radius 2 is 1.88 bits per heavy atom. The third-order valence-corrected chi connectivity index (χ3v) is 3.07. The third-order valence-electron chi connectivity index (χ3n) is 3.07. The van der Waals surface area contributed by atoms with Crippen LogP contribution in [0.15, 0.2) is 48.5 Å². The second kappa shape index (κ2) is 8.29. The Morgan fingerprint density at radius 3 is 2.56 bits per heavy atom. The van der Waals surface area contributed by atoms with Crippen LogP contribution in [0.5, 0.6) is 5.75 Å². The predicted octanol–water partition coefficient (Wildman–Crippen LogP) is 2.17. The molecule has 130 valence electrons. The van der Waals surface area contributed by atoms with E-state index in [1.165, 1.54) is 0 Å². The molecule has 2 aromatic carbocycles. The smallest absolute Gasteiger partial charge is 0.407 e. The van der Waals surface area contributed by atoms with Gasteiger partial charge in [-0.1, -0.05) is 30.3 Å². The molecular formula is C16H15N3O6. The van der Waals surface area contributed by atoms with Gasteiger partial charge in [0.15, 0.2) is 0 Å². The fourth-order valence-corrected chi connectivity index (χ4v) is 1.86. The van der Waals surface area contributed by atoms with Gasteiger partial charge >= 0.3 is 6.09 Å². The molecule has 0 spiro atoms. The molecule has 0 aromatic heterocycles. The van der Waals surface area contributed by atoms with Crippen molar-refractivity contribution in [1.29, 1.82) is 0 Å². The minimum atomic E-state index is -0.790. The Balaban J connectivity index is 1.81. The van der Waals surface area contributed by atoms with E-state index in [0.29, 0.717) is 0 Å². The van der Waals surface area contributed by atoms with Gasteiger partial charge in [-0.15, -0.1) is 0 Å². The number of nitro benzene ring substituents is 1. The zero-order valence-corrected chi connectivity index (χ0v) is 13.0. The maximum atomic E-state index is 11.8. The molecular weight excluding hydrogens is 330 g/mol. The first-order valence-electron chi connectivity index (χ1n) is 7.17. The number of anilines is 1. The van der Waals surface area contributed by atoms with Crippen LogP contribution < -0.4 is 10.6 Å². The van der Waals surface area contributed by atoms with Crippen LogP contribution in [0.25, 0.3) is 0 Å². The number of benzene rings is 2. The topological polar surface area (TPSA) is 131 Å². The molecule has 2 rings (SSSR count). The fourth-order valence-electron chi connectivity index (χ4n) is 1.86. The zero-order valence-electron chi connectivity index (χ0n) is 13.0. The lowest BCUT2D eigenvalue weighted by atomic mass is 10.2. The first-order chi connectivity index (χ1) is 12.0. The average Bonchev–Trinajstić information content (AvgIpc) is 2.60. The van der Waals surface area contributed by atoms with Crippen molar-refractivity contribution in [3.05, 3.63) is 64.2 Å². The molecule has 0 unspecified atom stereocenters. The molecule has 25 heavy (non-hydrogen) atoms. The van der Waals surface area contributed by atoms with Crippen molar-refractivity contribution in [2.24, 2.45) is 0 Å². The van der Waals surface area contributed by atoms with Gasteiger partial charge in [-0.2, -0.15) is 0 Å². The van der Waals surface area contributed by atoms with Crippen LogP contribution in [0.1, 0.15) is 5.56 Å². The number of phenolic OH excluding ortho intramolecular Hbond substituents is 1. The second-order valence-electron chi connectivity index (χ2n) is 4.92. The normalized spacial score (nSPS) is 9.92. The van der Waals surface area contributed by atoms with Crippen molar-refractivity contribution in [2.45, 2.75) is 6.61 Å². The van der Waals surface area contributed by atoms with Crippen molar-refractivity contribution in [1.82, 2.24) is 5.32 Å². The fraction of sp³-hybridized carbons (Fsp3) is 0.125. The van der Waals surface area contributed by atoms with Crippen LogP contribution in [0.4, 0.5) is 16.2 Å². The molecule has 0 saturated carbocycles. The highest BCUT2D eigenvalue weighted by Gasteiger charge is 2.13. The van der Waals surface area contributed by atoms with Crippen molar-refractivity contribution in [3.63, 3.8) is 0 Å². The van der Waals surface area contributed by atoms with Crippen molar-refractivity contribution in [3.8, 4) is 5.75 Å². The minimum absolute atomic E-state index is 0.0555. The van der Waals surface area contributed by atoms with Gasteiger partial charge in [-0.05, 0) is 11.6 Å². The predicted molar refractivity (Wildman–Crippen MR) is 88.0 cm³/mol. The largest absolute Gasteiger partial charge is 0.506 e. The van der Waals surface area contributed by atoms with E-state index in [1.807, 2.05) is 6.07 Å². The highest BCUT2D eigenvalue weighted by Crippen LogP contribution is 2.27. The number of ether oxygens (including phenoxy) is 1. The molecule has 9 nitrogen and oxygen atoms in total. The van der Waals surface area contributed by atoms with Crippen molar-refractivity contribution < 1.29 is 24.4 Å². The van der Waals surface area contributed by atoms with Gasteiger partial charge in [0.05, 0.1) is 10.6 Å². The van der Waals surface area contributed by atoms with Crippen LogP contribution in [0.2, 0.25) is 0 Å². The van der Waals surface area contributed by atoms with E-state index in [2.05, 4.69) is 10.6 Å². The van der Waals surface area contributed by atoms with E-state index in [0.717, 1.165) is 23.8 Å². The van der Waals surface area contributed by atoms with E-state index in [1.54, 1.807) is 24.3 Å². The number of hydrogen-bond donors (Lipinski definition) is 3. The van der Waals surface area contributed by atoms with Gasteiger partial charge < -0.3 is 20.5 Å². The number of amides is 2. The van der Waals surface area contributed by atoms with Gasteiger partial charge in [-0.3, -0.25) is 14.9 Å². The number of nitro groups is 1. The highest BCUT2D eigenvalue weighted by molar-refractivity contribution is 5.95. The molecule has 0 heterocycles. The Morgan fingerprint density at radius 1 is 1.16 bits per heavy atom. The highest BCUT2D eigenvalue weighted by atomic mass is 16.6. The number of alkyl carbamates (subject to hydrolysis) is 1. The van der Waals surface area contributed by atoms with Crippen LogP contribution in [0.3, 0.4) is 0 Å². The Hall–Kier alpha value is -3.62. The minimum Gasteiger partial charge on any atom is -0.506 e. The van der Waals surface area contributed by atoms with Crippen LogP contribution in [-0.4, -0.2) is 28.6 Å². The second-order valence-corrected chi connectivity index (χ2v) is 4.92. The van der Waals surface area contributed by atoms with Crippen molar-refractivity contribution >= 4 is 23.4 Å². The van der Waals surface area contributed by atoms with Crippen LogP contribution in [0, 0.1) is 10.1 Å². The van der Waals surface area contributed by atoms with E-state index in [9.17, 15) is 24.8 Å².